The van der Waals surface area contributed by atoms with Crippen LogP contribution in [0, 0.1) is 9.81 Å². The number of imide groups is 1. The third kappa shape index (κ3) is 10.9. The predicted octanol–water partition coefficient (Wildman–Crippen LogP) is -3.06. The summed E-state index contributed by atoms with van der Waals surface area (Å²) in [6, 6.07) is -6.51. The first-order valence-corrected chi connectivity index (χ1v) is 16.2. The van der Waals surface area contributed by atoms with Crippen molar-refractivity contribution in [2.24, 2.45) is 26.8 Å². The number of aliphatic carboxylic acids is 1. The summed E-state index contributed by atoms with van der Waals surface area (Å²) in [5, 5.41) is 22.8. The second-order valence-corrected chi connectivity index (χ2v) is 11.9. The van der Waals surface area contributed by atoms with E-state index in [1.807, 2.05) is 0 Å². The molecular formula is C28H43N11O11. The largest absolute Gasteiger partial charge is 0.481 e. The van der Waals surface area contributed by atoms with Crippen molar-refractivity contribution in [2.75, 3.05) is 52.4 Å². The molecule has 0 aromatic rings. The zero-order valence-corrected chi connectivity index (χ0v) is 27.4. The lowest BCUT2D eigenvalue weighted by molar-refractivity contribution is -0.146. The van der Waals surface area contributed by atoms with Gasteiger partial charge in [0.2, 0.25) is 17.7 Å². The second kappa shape index (κ2) is 19.0. The number of carbonyl (C=O) groups excluding carboxylic acids is 6. The highest BCUT2D eigenvalue weighted by Gasteiger charge is 2.46. The molecule has 0 saturated carbocycles. The lowest BCUT2D eigenvalue weighted by Gasteiger charge is -2.40. The molecule has 3 rings (SSSR count). The van der Waals surface area contributed by atoms with E-state index < -0.39 is 78.2 Å². The van der Waals surface area contributed by atoms with E-state index in [4.69, 9.17) is 16.2 Å². The smallest absolute Gasteiger partial charge is 0.328 e. The first-order valence-electron chi connectivity index (χ1n) is 16.2. The summed E-state index contributed by atoms with van der Waals surface area (Å²) in [5.41, 5.74) is 10.7. The van der Waals surface area contributed by atoms with Crippen molar-refractivity contribution in [2.45, 2.75) is 75.2 Å². The van der Waals surface area contributed by atoms with Crippen molar-refractivity contribution in [3.63, 3.8) is 0 Å². The van der Waals surface area contributed by atoms with Crippen LogP contribution in [0.25, 0.3) is 0 Å². The van der Waals surface area contributed by atoms with Gasteiger partial charge in [-0.2, -0.15) is 9.81 Å². The zero-order chi connectivity index (χ0) is 36.8. The van der Waals surface area contributed by atoms with Crippen LogP contribution in [-0.4, -0.2) is 150 Å². The monoisotopic (exact) mass is 709 g/mol. The van der Waals surface area contributed by atoms with E-state index in [-0.39, 0.29) is 96.9 Å². The molecule has 0 spiro atoms. The van der Waals surface area contributed by atoms with Crippen molar-refractivity contribution >= 4 is 47.6 Å². The Balaban J connectivity index is 1.70. The van der Waals surface area contributed by atoms with Crippen molar-refractivity contribution in [1.82, 2.24) is 30.7 Å². The van der Waals surface area contributed by atoms with E-state index in [2.05, 4.69) is 31.3 Å². The molecule has 0 radical (unpaired) electrons. The van der Waals surface area contributed by atoms with Gasteiger partial charge in [-0.1, -0.05) is 10.4 Å². The van der Waals surface area contributed by atoms with Crippen LogP contribution in [0.5, 0.6) is 0 Å². The number of aliphatic imine (C=N–C) groups is 1. The number of guanidine groups is 1. The number of piperazine rings is 1. The minimum atomic E-state index is -1.35. The molecule has 8 N–H and O–H groups in total. The molecule has 3 aliphatic heterocycles. The molecule has 22 heteroatoms. The molecular weight excluding hydrogens is 666 g/mol. The summed E-state index contributed by atoms with van der Waals surface area (Å²) in [5.74, 6) is -4.89. The highest BCUT2D eigenvalue weighted by molar-refractivity contribution is 6.07. The van der Waals surface area contributed by atoms with Gasteiger partial charge in [0.1, 0.15) is 24.2 Å². The molecule has 0 aromatic heterocycles. The molecule has 50 heavy (non-hydrogen) atoms. The van der Waals surface area contributed by atoms with E-state index in [0.717, 1.165) is 4.90 Å². The van der Waals surface area contributed by atoms with E-state index in [1.54, 1.807) is 0 Å². The maximum absolute atomic E-state index is 13.6. The minimum absolute atomic E-state index is 0.00644. The van der Waals surface area contributed by atoms with Gasteiger partial charge in [0.25, 0.3) is 5.91 Å². The minimum Gasteiger partial charge on any atom is -0.481 e. The number of carboxylic acid groups (broad SMARTS) is 1. The SMILES string of the molecule is NC(N)=NCCC[C@H](NC(=O)[C@H](CC(=O)O)N1CCN(C(=O)[C@H](CCN=O)N2C(=O)N[C@H](CCCN=O)C2=O)CC1)C(=O)NC1CCOC1=O. The molecule has 276 valence electrons. The molecule has 0 aliphatic carbocycles. The number of amides is 6. The number of hydrogen-bond donors (Lipinski definition) is 6. The van der Waals surface area contributed by atoms with Crippen molar-refractivity contribution in [3.8, 4) is 0 Å². The standard InChI is InChI=1S/C28H43N11O11/c29-27(30)31-7-1-3-16(22(42)35-18-6-14-50-26(18)46)34-23(43)20(15-21(40)41)37-10-12-38(13-11-37)25(45)19(5-9-33-49)39-24(44)17(36-28(39)47)4-2-8-32-48/h16-20H,1-15H2,(H,34,43)(H,35,42)(H,36,47)(H,40,41)(H4,29,30,31)/t16-,17+,18?,19-,20-/m0/s1. The van der Waals surface area contributed by atoms with Crippen LogP contribution in [0.2, 0.25) is 0 Å². The highest BCUT2D eigenvalue weighted by Crippen LogP contribution is 2.21. The zero-order valence-electron chi connectivity index (χ0n) is 27.4. The summed E-state index contributed by atoms with van der Waals surface area (Å²) in [6.45, 7) is -0.219. The molecule has 0 aromatic carbocycles. The van der Waals surface area contributed by atoms with E-state index >= 15 is 0 Å². The number of hydrogen-bond acceptors (Lipinski definition) is 14. The summed E-state index contributed by atoms with van der Waals surface area (Å²) in [6.07, 6.45) is 0.0173. The molecule has 5 atom stereocenters. The van der Waals surface area contributed by atoms with Crippen molar-refractivity contribution in [3.05, 3.63) is 9.81 Å². The molecule has 3 heterocycles. The number of ether oxygens (including phenoxy) is 1. The van der Waals surface area contributed by atoms with Crippen LogP contribution in [0.3, 0.4) is 0 Å². The number of cyclic esters (lactones) is 1. The number of nitrogens with zero attached hydrogens (tertiary/aromatic N) is 6. The number of nitroso groups, excluding NO2 is 2. The lowest BCUT2D eigenvalue weighted by atomic mass is 10.1. The molecule has 1 unspecified atom stereocenters. The molecule has 3 aliphatic rings. The van der Waals surface area contributed by atoms with Crippen LogP contribution in [0.1, 0.15) is 44.9 Å². The van der Waals surface area contributed by atoms with Gasteiger partial charge >= 0.3 is 18.0 Å². The number of rotatable bonds is 20. The van der Waals surface area contributed by atoms with Crippen LogP contribution in [-0.2, 0) is 33.5 Å². The Kier molecular flexibility index (Phi) is 14.9. The Bertz CT molecular complexity index is 1330. The fraction of sp³-hybridized carbons (Fsp3) is 0.714. The number of carbonyl (C=O) groups is 7. The predicted molar refractivity (Wildman–Crippen MR) is 172 cm³/mol. The van der Waals surface area contributed by atoms with Gasteiger partial charge in [-0.3, -0.25) is 33.9 Å². The molecule has 22 nitrogen and oxygen atoms in total. The van der Waals surface area contributed by atoms with Gasteiger partial charge in [0, 0.05) is 45.6 Å². The van der Waals surface area contributed by atoms with E-state index in [0.29, 0.717) is 0 Å². The maximum Gasteiger partial charge on any atom is 0.328 e. The fourth-order valence-corrected chi connectivity index (χ4v) is 5.89. The Labute approximate surface area is 286 Å². The third-order valence-electron chi connectivity index (χ3n) is 8.45. The number of esters is 1. The van der Waals surface area contributed by atoms with Crippen LogP contribution < -0.4 is 27.4 Å². The van der Waals surface area contributed by atoms with Crippen molar-refractivity contribution < 1.29 is 43.4 Å². The Morgan fingerprint density at radius 3 is 2.24 bits per heavy atom. The fourth-order valence-electron chi connectivity index (χ4n) is 5.89. The number of carboxylic acids is 1. The average molecular weight is 710 g/mol. The average Bonchev–Trinajstić information content (AvgIpc) is 3.61. The van der Waals surface area contributed by atoms with Gasteiger partial charge < -0.3 is 42.2 Å². The van der Waals surface area contributed by atoms with Crippen molar-refractivity contribution in [1.29, 1.82) is 0 Å². The summed E-state index contributed by atoms with van der Waals surface area (Å²) < 4.78 is 4.88. The van der Waals surface area contributed by atoms with Crippen LogP contribution >= 0.6 is 0 Å². The quantitative estimate of drug-likeness (QED) is 0.0183. The number of urea groups is 1. The van der Waals surface area contributed by atoms with E-state index in [9.17, 15) is 48.5 Å². The molecule has 3 saturated heterocycles. The Hall–Kier alpha value is -5.28. The van der Waals surface area contributed by atoms with E-state index in [1.165, 1.54) is 9.80 Å². The van der Waals surface area contributed by atoms with Crippen LogP contribution in [0.4, 0.5) is 4.79 Å². The maximum atomic E-state index is 13.6. The Morgan fingerprint density at radius 1 is 0.940 bits per heavy atom. The van der Waals surface area contributed by atoms with Crippen LogP contribution in [0.15, 0.2) is 15.3 Å². The number of nitrogens with one attached hydrogen (secondary N) is 3. The third-order valence-corrected chi connectivity index (χ3v) is 8.45. The van der Waals surface area contributed by atoms with Gasteiger partial charge in [0.15, 0.2) is 5.96 Å². The van der Waals surface area contributed by atoms with Gasteiger partial charge in [-0.25, -0.2) is 14.5 Å². The summed E-state index contributed by atoms with van der Waals surface area (Å²) in [4.78, 5) is 119. The molecule has 0 bridgehead atoms. The lowest BCUT2D eigenvalue weighted by Crippen LogP contribution is -2.61. The number of nitrogens with two attached hydrogens (primary N) is 2. The first kappa shape index (κ1) is 39.2. The summed E-state index contributed by atoms with van der Waals surface area (Å²) in [7, 11) is 0. The van der Waals surface area contributed by atoms with Gasteiger partial charge in [-0.15, -0.1) is 0 Å². The highest BCUT2D eigenvalue weighted by atomic mass is 16.5. The van der Waals surface area contributed by atoms with Gasteiger partial charge in [0.05, 0.1) is 32.2 Å². The molecule has 6 amide bonds. The second-order valence-electron chi connectivity index (χ2n) is 11.9. The molecule has 3 fully saturated rings. The normalized spacial score (nSPS) is 21.0. The Morgan fingerprint density at radius 2 is 1.64 bits per heavy atom. The van der Waals surface area contributed by atoms with Gasteiger partial charge in [-0.05, 0) is 25.7 Å². The topological polar surface area (TPSA) is 318 Å². The first-order chi connectivity index (χ1) is 23.9. The summed E-state index contributed by atoms with van der Waals surface area (Å²) >= 11 is 0.